The number of methoxy groups -OCH3 is 1. The van der Waals surface area contributed by atoms with Crippen LogP contribution in [0.1, 0.15) is 20.8 Å². The van der Waals surface area contributed by atoms with E-state index in [0.717, 1.165) is 23.7 Å². The molecule has 3 rings (SSSR count). The van der Waals surface area contributed by atoms with E-state index in [4.69, 9.17) is 13.9 Å². The summed E-state index contributed by atoms with van der Waals surface area (Å²) in [5.74, 6) is 0.154. The summed E-state index contributed by atoms with van der Waals surface area (Å²) in [6.45, 7) is 6.71. The molecule has 20 heavy (non-hydrogen) atoms. The Morgan fingerprint density at radius 3 is 2.45 bits per heavy atom. The van der Waals surface area contributed by atoms with Crippen LogP contribution in [0.2, 0.25) is 18.1 Å². The summed E-state index contributed by atoms with van der Waals surface area (Å²) in [5.41, 5.74) is 0.785. The molecule has 5 heteroatoms. The van der Waals surface area contributed by atoms with Gasteiger partial charge in [-0.1, -0.05) is 26.8 Å². The predicted molar refractivity (Wildman–Crippen MR) is 77.8 cm³/mol. The molecule has 112 valence electrons. The second-order valence-corrected chi connectivity index (χ2v) is 10.8. The fourth-order valence-corrected chi connectivity index (χ4v) is 6.85. The molecule has 0 spiro atoms. The van der Waals surface area contributed by atoms with Crippen molar-refractivity contribution in [3.05, 3.63) is 11.6 Å². The van der Waals surface area contributed by atoms with Crippen LogP contribution in [0.5, 0.6) is 0 Å². The van der Waals surface area contributed by atoms with E-state index in [9.17, 15) is 4.79 Å². The molecule has 0 unspecified atom stereocenters. The first kappa shape index (κ1) is 14.3. The predicted octanol–water partition coefficient (Wildman–Crippen LogP) is 2.50. The summed E-state index contributed by atoms with van der Waals surface area (Å²) in [5, 5.41) is 0. The van der Waals surface area contributed by atoms with Gasteiger partial charge in [0.25, 0.3) is 0 Å². The standard InChI is InChI=1S/C15H24O4Si/c1-5-20(6-2,7-3)19-12-10-8-9(15(16)17-4)11(12)14-13(10)18-14/h8,10-14H,5-7H2,1-4H3/t10-,11+,12-,13+,14-/m0/s1. The van der Waals surface area contributed by atoms with E-state index >= 15 is 0 Å². The van der Waals surface area contributed by atoms with E-state index in [1.807, 2.05) is 0 Å². The van der Waals surface area contributed by atoms with Gasteiger partial charge in [0, 0.05) is 17.4 Å². The van der Waals surface area contributed by atoms with E-state index in [1.165, 1.54) is 7.11 Å². The number of esters is 1. The van der Waals surface area contributed by atoms with Gasteiger partial charge in [-0.25, -0.2) is 4.79 Å². The highest BCUT2D eigenvalue weighted by atomic mass is 28.4. The lowest BCUT2D eigenvalue weighted by molar-refractivity contribution is -0.137. The summed E-state index contributed by atoms with van der Waals surface area (Å²) < 4.78 is 17.2. The zero-order valence-electron chi connectivity index (χ0n) is 12.7. The number of rotatable bonds is 6. The molecule has 0 aromatic heterocycles. The van der Waals surface area contributed by atoms with Gasteiger partial charge in [-0.15, -0.1) is 0 Å². The summed E-state index contributed by atoms with van der Waals surface area (Å²) in [4.78, 5) is 11.9. The number of hydrogen-bond donors (Lipinski definition) is 0. The summed E-state index contributed by atoms with van der Waals surface area (Å²) in [6, 6.07) is 3.42. The average molecular weight is 296 g/mol. The smallest absolute Gasteiger partial charge is 0.333 e. The number of fused-ring (bicyclic) bond motifs is 5. The fourth-order valence-electron chi connectivity index (χ4n) is 3.97. The molecule has 1 saturated heterocycles. The molecule has 5 atom stereocenters. The van der Waals surface area contributed by atoms with Crippen LogP contribution >= 0.6 is 0 Å². The normalized spacial score (nSPS) is 37.6. The second-order valence-electron chi connectivity index (χ2n) is 6.11. The largest absolute Gasteiger partial charge is 0.466 e. The van der Waals surface area contributed by atoms with E-state index in [0.29, 0.717) is 0 Å². The average Bonchev–Trinajstić information content (AvgIpc) is 3.15. The van der Waals surface area contributed by atoms with Crippen molar-refractivity contribution in [2.24, 2.45) is 11.8 Å². The molecule has 0 aromatic rings. The minimum atomic E-state index is -1.65. The number of hydrogen-bond acceptors (Lipinski definition) is 4. The minimum absolute atomic E-state index is 0.106. The minimum Gasteiger partial charge on any atom is -0.466 e. The SMILES string of the molecule is CC[Si](CC)(CC)O[C@H]1[C@@H]2C=C(C(=O)OC)[C@H]1[C@@H]1O[C@H]21. The van der Waals surface area contributed by atoms with Gasteiger partial charge < -0.3 is 13.9 Å². The zero-order chi connectivity index (χ0) is 14.5. The molecule has 0 radical (unpaired) electrons. The third-order valence-corrected chi connectivity index (χ3v) is 10.1. The van der Waals surface area contributed by atoms with Crippen LogP contribution in [0.4, 0.5) is 0 Å². The third kappa shape index (κ3) is 1.90. The van der Waals surface area contributed by atoms with Crippen molar-refractivity contribution in [2.45, 2.75) is 57.2 Å². The lowest BCUT2D eigenvalue weighted by atomic mass is 9.98. The highest BCUT2D eigenvalue weighted by Gasteiger charge is 2.67. The molecule has 2 fully saturated rings. The zero-order valence-corrected chi connectivity index (χ0v) is 13.7. The Balaban J connectivity index is 1.79. The number of ether oxygens (including phenoxy) is 2. The highest BCUT2D eigenvalue weighted by molar-refractivity contribution is 6.73. The van der Waals surface area contributed by atoms with Gasteiger partial charge in [0.05, 0.1) is 25.4 Å². The Morgan fingerprint density at radius 2 is 1.90 bits per heavy atom. The Labute approximate surface area is 121 Å². The fraction of sp³-hybridized carbons (Fsp3) is 0.800. The Hall–Kier alpha value is -0.653. The summed E-state index contributed by atoms with van der Waals surface area (Å²) >= 11 is 0. The van der Waals surface area contributed by atoms with Crippen molar-refractivity contribution in [3.8, 4) is 0 Å². The molecule has 2 aliphatic carbocycles. The Kier molecular flexibility index (Phi) is 3.55. The molecule has 4 nitrogen and oxygen atoms in total. The van der Waals surface area contributed by atoms with Crippen molar-refractivity contribution in [1.82, 2.24) is 0 Å². The number of carbonyl (C=O) groups excluding carboxylic acids is 1. The first-order valence-electron chi connectivity index (χ1n) is 7.74. The molecule has 1 heterocycles. The third-order valence-electron chi connectivity index (χ3n) is 5.50. The quantitative estimate of drug-likeness (QED) is 0.429. The topological polar surface area (TPSA) is 48.1 Å². The van der Waals surface area contributed by atoms with Crippen molar-refractivity contribution in [3.63, 3.8) is 0 Å². The van der Waals surface area contributed by atoms with Crippen LogP contribution in [0.25, 0.3) is 0 Å². The Morgan fingerprint density at radius 1 is 1.25 bits per heavy atom. The maximum absolute atomic E-state index is 11.9. The van der Waals surface area contributed by atoms with Gasteiger partial charge in [0.15, 0.2) is 8.32 Å². The van der Waals surface area contributed by atoms with Crippen molar-refractivity contribution in [1.29, 1.82) is 0 Å². The van der Waals surface area contributed by atoms with Crippen LogP contribution in [-0.2, 0) is 18.7 Å². The maximum Gasteiger partial charge on any atom is 0.333 e. The van der Waals surface area contributed by atoms with Crippen molar-refractivity contribution >= 4 is 14.3 Å². The van der Waals surface area contributed by atoms with Gasteiger partial charge in [0.1, 0.15) is 0 Å². The first-order valence-corrected chi connectivity index (χ1v) is 10.3. The highest BCUT2D eigenvalue weighted by Crippen LogP contribution is 2.57. The van der Waals surface area contributed by atoms with E-state index in [1.54, 1.807) is 0 Å². The van der Waals surface area contributed by atoms with Gasteiger partial charge in [0.2, 0.25) is 0 Å². The molecule has 0 aromatic carbocycles. The molecule has 3 aliphatic rings. The van der Waals surface area contributed by atoms with Gasteiger partial charge in [-0.2, -0.15) is 0 Å². The molecular formula is C15H24O4Si. The molecule has 1 saturated carbocycles. The van der Waals surface area contributed by atoms with Crippen LogP contribution in [0.3, 0.4) is 0 Å². The molecule has 2 bridgehead atoms. The molecular weight excluding hydrogens is 272 g/mol. The second kappa shape index (κ2) is 4.96. The lowest BCUT2D eigenvalue weighted by Crippen LogP contribution is -2.43. The van der Waals surface area contributed by atoms with Gasteiger partial charge in [-0.3, -0.25) is 0 Å². The maximum atomic E-state index is 11.9. The lowest BCUT2D eigenvalue weighted by Gasteiger charge is -2.34. The molecule has 0 N–H and O–H groups in total. The first-order chi connectivity index (χ1) is 9.60. The van der Waals surface area contributed by atoms with Crippen molar-refractivity contribution in [2.75, 3.05) is 7.11 Å². The van der Waals surface area contributed by atoms with Crippen LogP contribution in [0, 0.1) is 11.8 Å². The van der Waals surface area contributed by atoms with Crippen LogP contribution < -0.4 is 0 Å². The monoisotopic (exact) mass is 296 g/mol. The van der Waals surface area contributed by atoms with E-state index in [-0.39, 0.29) is 36.1 Å². The van der Waals surface area contributed by atoms with Gasteiger partial charge in [-0.05, 0) is 18.1 Å². The number of carbonyl (C=O) groups is 1. The Bertz CT molecular complexity index is 435. The van der Waals surface area contributed by atoms with Crippen LogP contribution in [0.15, 0.2) is 11.6 Å². The number of epoxide rings is 1. The van der Waals surface area contributed by atoms with E-state index in [2.05, 4.69) is 26.8 Å². The van der Waals surface area contributed by atoms with Crippen molar-refractivity contribution < 1.29 is 18.7 Å². The van der Waals surface area contributed by atoms with Gasteiger partial charge >= 0.3 is 5.97 Å². The molecule has 0 amide bonds. The van der Waals surface area contributed by atoms with E-state index < -0.39 is 8.32 Å². The molecule has 1 aliphatic heterocycles. The summed E-state index contributed by atoms with van der Waals surface area (Å²) in [7, 11) is -0.207. The van der Waals surface area contributed by atoms with Crippen LogP contribution in [-0.4, -0.2) is 39.7 Å². The summed E-state index contributed by atoms with van der Waals surface area (Å²) in [6.07, 6.45) is 2.69.